The highest BCUT2D eigenvalue weighted by molar-refractivity contribution is 7.80. The van der Waals surface area contributed by atoms with Crippen LogP contribution in [-0.2, 0) is 0 Å². The molecule has 5 rings (SSSR count). The summed E-state index contributed by atoms with van der Waals surface area (Å²) in [5.41, 5.74) is 1.71. The van der Waals surface area contributed by atoms with Crippen LogP contribution in [0.1, 0.15) is 44.3 Å². The van der Waals surface area contributed by atoms with Gasteiger partial charge in [0.05, 0.1) is 22.9 Å². The number of aromatic carboxylic acids is 2. The molecule has 0 bridgehead atoms. The van der Waals surface area contributed by atoms with Crippen molar-refractivity contribution < 1.29 is 24.2 Å². The number of carboxylic acid groups (broad SMARTS) is 2. The number of nitrogens with one attached hydrogen (secondary N) is 1. The molecule has 35 heavy (non-hydrogen) atoms. The van der Waals surface area contributed by atoms with Crippen LogP contribution in [-0.4, -0.2) is 32.2 Å². The Kier molecular flexibility index (Phi) is 5.76. The molecule has 2 aromatic heterocycles. The molecule has 3 N–H and O–H groups in total. The molecular weight excluding hydrogens is 466 g/mol. The van der Waals surface area contributed by atoms with Gasteiger partial charge in [0.25, 0.3) is 0 Å². The Morgan fingerprint density at radius 2 is 1.60 bits per heavy atom. The summed E-state index contributed by atoms with van der Waals surface area (Å²) in [7, 11) is 0. The molecule has 3 heterocycles. The van der Waals surface area contributed by atoms with Crippen molar-refractivity contribution in [2.24, 2.45) is 0 Å². The van der Waals surface area contributed by atoms with Gasteiger partial charge in [-0.15, -0.1) is 0 Å². The van der Waals surface area contributed by atoms with E-state index in [4.69, 9.17) is 16.6 Å². The number of anilines is 1. The predicted octanol–water partition coefficient (Wildman–Crippen LogP) is 4.92. The van der Waals surface area contributed by atoms with Gasteiger partial charge in [-0.25, -0.2) is 9.59 Å². The lowest BCUT2D eigenvalue weighted by molar-refractivity contribution is 0.0696. The third-order valence-electron chi connectivity index (χ3n) is 5.76. The SMILES string of the molecule is O=C(O)c1cc(C(=O)O)cc(-c2ccc([C@@H]3[C@H](c4ccccn4)NC(=S)N3c3ccccc3)o2)c1. The lowest BCUT2D eigenvalue weighted by Crippen LogP contribution is -2.29. The Balaban J connectivity index is 1.61. The van der Waals surface area contributed by atoms with Crippen LogP contribution in [0.5, 0.6) is 0 Å². The number of hydrogen-bond donors (Lipinski definition) is 3. The molecule has 0 spiro atoms. The number of carboxylic acids is 2. The summed E-state index contributed by atoms with van der Waals surface area (Å²) >= 11 is 5.68. The first-order chi connectivity index (χ1) is 16.9. The molecule has 174 valence electrons. The molecule has 0 aliphatic carbocycles. The largest absolute Gasteiger partial charge is 0.478 e. The average Bonchev–Trinajstić information content (AvgIpc) is 3.49. The molecule has 1 saturated heterocycles. The molecule has 2 atom stereocenters. The molecule has 8 nitrogen and oxygen atoms in total. The van der Waals surface area contributed by atoms with Crippen LogP contribution < -0.4 is 10.2 Å². The summed E-state index contributed by atoms with van der Waals surface area (Å²) in [4.78, 5) is 29.6. The fourth-order valence-corrected chi connectivity index (χ4v) is 4.54. The highest BCUT2D eigenvalue weighted by Gasteiger charge is 2.42. The zero-order valence-electron chi connectivity index (χ0n) is 18.2. The third kappa shape index (κ3) is 4.24. The van der Waals surface area contributed by atoms with Crippen LogP contribution in [0.15, 0.2) is 89.5 Å². The quantitative estimate of drug-likeness (QED) is 0.327. The molecule has 2 aromatic carbocycles. The lowest BCUT2D eigenvalue weighted by atomic mass is 10.0. The van der Waals surface area contributed by atoms with E-state index in [0.717, 1.165) is 17.4 Å². The lowest BCUT2D eigenvalue weighted by Gasteiger charge is -2.26. The second kappa shape index (κ2) is 9.03. The van der Waals surface area contributed by atoms with E-state index in [1.807, 2.05) is 53.4 Å². The summed E-state index contributed by atoms with van der Waals surface area (Å²) in [6, 6.07) is 21.9. The van der Waals surface area contributed by atoms with E-state index in [9.17, 15) is 19.8 Å². The second-order valence-corrected chi connectivity index (χ2v) is 8.33. The van der Waals surface area contributed by atoms with Crippen molar-refractivity contribution in [3.05, 3.63) is 108 Å². The van der Waals surface area contributed by atoms with Crippen molar-refractivity contribution >= 4 is 35.0 Å². The maximum Gasteiger partial charge on any atom is 0.335 e. The number of para-hydroxylation sites is 1. The summed E-state index contributed by atoms with van der Waals surface area (Å²) in [5, 5.41) is 22.7. The van der Waals surface area contributed by atoms with Gasteiger partial charge in [0.1, 0.15) is 17.6 Å². The number of furan rings is 1. The van der Waals surface area contributed by atoms with Gasteiger partial charge in [-0.1, -0.05) is 24.3 Å². The van der Waals surface area contributed by atoms with Crippen LogP contribution in [0.3, 0.4) is 0 Å². The number of rotatable bonds is 6. The Labute approximate surface area is 205 Å². The highest BCUT2D eigenvalue weighted by atomic mass is 32.1. The molecule has 4 aromatic rings. The minimum atomic E-state index is -1.23. The van der Waals surface area contributed by atoms with Crippen molar-refractivity contribution in [1.82, 2.24) is 10.3 Å². The van der Waals surface area contributed by atoms with Crippen LogP contribution >= 0.6 is 12.2 Å². The molecule has 0 radical (unpaired) electrons. The third-order valence-corrected chi connectivity index (χ3v) is 6.08. The summed E-state index contributed by atoms with van der Waals surface area (Å²) in [5.74, 6) is -1.55. The smallest absolute Gasteiger partial charge is 0.335 e. The zero-order chi connectivity index (χ0) is 24.5. The van der Waals surface area contributed by atoms with E-state index < -0.39 is 18.0 Å². The van der Waals surface area contributed by atoms with Gasteiger partial charge in [-0.3, -0.25) is 4.98 Å². The van der Waals surface area contributed by atoms with Gasteiger partial charge in [0.2, 0.25) is 0 Å². The van der Waals surface area contributed by atoms with Gasteiger partial charge < -0.3 is 24.8 Å². The topological polar surface area (TPSA) is 116 Å². The maximum atomic E-state index is 11.5. The number of benzene rings is 2. The minimum absolute atomic E-state index is 0.140. The number of thiocarbonyl (C=S) groups is 1. The fourth-order valence-electron chi connectivity index (χ4n) is 4.19. The van der Waals surface area contributed by atoms with E-state index in [-0.39, 0.29) is 17.2 Å². The number of pyridine rings is 1. The van der Waals surface area contributed by atoms with E-state index in [2.05, 4.69) is 10.3 Å². The standard InChI is InChI=1S/C26H19N3O5S/c30-24(31)16-12-15(13-17(14-16)25(32)33)20-9-10-21(34-20)23-22(19-8-4-5-11-27-19)28-26(35)29(23)18-6-2-1-3-7-18/h1-14,22-23H,(H,28,35)(H,30,31)(H,32,33)/t22-,23+/m0/s1. The Morgan fingerprint density at radius 1 is 0.914 bits per heavy atom. The molecule has 0 saturated carbocycles. The number of hydrogen-bond acceptors (Lipinski definition) is 5. The van der Waals surface area contributed by atoms with Gasteiger partial charge in [0, 0.05) is 17.4 Å². The van der Waals surface area contributed by atoms with Crippen molar-refractivity contribution in [3.8, 4) is 11.3 Å². The van der Waals surface area contributed by atoms with Gasteiger partial charge in [0.15, 0.2) is 5.11 Å². The second-order valence-electron chi connectivity index (χ2n) is 7.94. The molecule has 1 fully saturated rings. The first-order valence-electron chi connectivity index (χ1n) is 10.7. The summed E-state index contributed by atoms with van der Waals surface area (Å²) in [6.07, 6.45) is 1.71. The van der Waals surface area contributed by atoms with Crippen LogP contribution in [0.25, 0.3) is 11.3 Å². The maximum absolute atomic E-state index is 11.5. The Morgan fingerprint density at radius 3 is 2.23 bits per heavy atom. The van der Waals surface area contributed by atoms with Crippen molar-refractivity contribution in [2.45, 2.75) is 12.1 Å². The number of carbonyl (C=O) groups is 2. The summed E-state index contributed by atoms with van der Waals surface area (Å²) < 4.78 is 6.22. The molecule has 0 unspecified atom stereocenters. The van der Waals surface area contributed by atoms with Crippen LogP contribution in [0.2, 0.25) is 0 Å². The van der Waals surface area contributed by atoms with Gasteiger partial charge >= 0.3 is 11.9 Å². The number of nitrogens with zero attached hydrogens (tertiary/aromatic N) is 2. The summed E-state index contributed by atoms with van der Waals surface area (Å²) in [6.45, 7) is 0. The van der Waals surface area contributed by atoms with Crippen molar-refractivity contribution in [1.29, 1.82) is 0 Å². The molecule has 1 aliphatic heterocycles. The zero-order valence-corrected chi connectivity index (χ0v) is 19.0. The molecule has 9 heteroatoms. The van der Waals surface area contributed by atoms with Crippen LogP contribution in [0, 0.1) is 0 Å². The Hall–Kier alpha value is -4.50. The number of aromatic nitrogens is 1. The van der Waals surface area contributed by atoms with E-state index in [0.29, 0.717) is 22.2 Å². The van der Waals surface area contributed by atoms with E-state index in [1.165, 1.54) is 12.1 Å². The highest BCUT2D eigenvalue weighted by Crippen LogP contribution is 2.42. The van der Waals surface area contributed by atoms with Crippen LogP contribution in [0.4, 0.5) is 5.69 Å². The van der Waals surface area contributed by atoms with Crippen molar-refractivity contribution in [2.75, 3.05) is 4.90 Å². The first-order valence-corrected chi connectivity index (χ1v) is 11.1. The first kappa shape index (κ1) is 22.3. The van der Waals surface area contributed by atoms with E-state index >= 15 is 0 Å². The van der Waals surface area contributed by atoms with Gasteiger partial charge in [-0.2, -0.15) is 0 Å². The van der Waals surface area contributed by atoms with Crippen molar-refractivity contribution in [3.63, 3.8) is 0 Å². The monoisotopic (exact) mass is 485 g/mol. The molecule has 0 amide bonds. The minimum Gasteiger partial charge on any atom is -0.478 e. The van der Waals surface area contributed by atoms with Gasteiger partial charge in [-0.05, 0) is 66.8 Å². The Bertz CT molecular complexity index is 1390. The average molecular weight is 486 g/mol. The molecular formula is C26H19N3O5S. The molecule has 1 aliphatic rings. The normalized spacial score (nSPS) is 17.3. The predicted molar refractivity (Wildman–Crippen MR) is 132 cm³/mol. The van der Waals surface area contributed by atoms with E-state index in [1.54, 1.807) is 18.3 Å². The fraction of sp³-hybridized carbons (Fsp3) is 0.0769.